The summed E-state index contributed by atoms with van der Waals surface area (Å²) in [6, 6.07) is 12.2. The summed E-state index contributed by atoms with van der Waals surface area (Å²) in [5, 5.41) is 3.29. The SMILES string of the molecule is C[C-]=C/C=C(\C(C)=C/C)c1ccccc1-c1nc2cc(C(=O)N3CCNCC3)ccn2c1C.[CH3-].[U+2]. The summed E-state index contributed by atoms with van der Waals surface area (Å²) in [7, 11) is 0. The second-order valence-electron chi connectivity index (χ2n) is 8.28. The number of carbonyl (C=O) groups is 1. The van der Waals surface area contributed by atoms with E-state index in [9.17, 15) is 4.79 Å². The molecule has 0 aliphatic carbocycles. The minimum atomic E-state index is 0. The minimum Gasteiger partial charge on any atom is -0.358 e. The van der Waals surface area contributed by atoms with E-state index >= 15 is 0 Å². The monoisotopic (exact) mass is 692 g/mol. The second-order valence-corrected chi connectivity index (χ2v) is 8.28. The van der Waals surface area contributed by atoms with Crippen LogP contribution in [0.5, 0.6) is 0 Å². The molecule has 35 heavy (non-hydrogen) atoms. The van der Waals surface area contributed by atoms with E-state index in [0.29, 0.717) is 5.56 Å². The van der Waals surface area contributed by atoms with Gasteiger partial charge in [-0.05, 0) is 38.5 Å². The fourth-order valence-electron chi connectivity index (χ4n) is 4.29. The van der Waals surface area contributed by atoms with Gasteiger partial charge in [-0.1, -0.05) is 41.5 Å². The fourth-order valence-corrected chi connectivity index (χ4v) is 4.29. The van der Waals surface area contributed by atoms with Crippen molar-refractivity contribution in [2.45, 2.75) is 27.7 Å². The number of amides is 1. The molecule has 6 heteroatoms. The summed E-state index contributed by atoms with van der Waals surface area (Å²) >= 11 is 0. The van der Waals surface area contributed by atoms with Crippen LogP contribution in [0.25, 0.3) is 22.5 Å². The number of imidazole rings is 1. The van der Waals surface area contributed by atoms with E-state index in [-0.39, 0.29) is 44.4 Å². The Morgan fingerprint density at radius 3 is 2.57 bits per heavy atom. The molecule has 3 aromatic rings. The van der Waals surface area contributed by atoms with Crippen LogP contribution in [0.2, 0.25) is 0 Å². The van der Waals surface area contributed by atoms with Gasteiger partial charge in [0.05, 0.1) is 5.69 Å². The van der Waals surface area contributed by atoms with Gasteiger partial charge in [0.15, 0.2) is 0 Å². The number of piperazine rings is 1. The van der Waals surface area contributed by atoms with E-state index in [0.717, 1.165) is 59.9 Å². The molecular weight excluding hydrogens is 658 g/mol. The van der Waals surface area contributed by atoms with Crippen LogP contribution >= 0.6 is 0 Å². The van der Waals surface area contributed by atoms with Crippen molar-refractivity contribution in [3.05, 3.63) is 96.7 Å². The van der Waals surface area contributed by atoms with E-state index in [1.165, 1.54) is 5.57 Å². The van der Waals surface area contributed by atoms with Crippen molar-refractivity contribution in [1.29, 1.82) is 0 Å². The number of fused-ring (bicyclic) bond motifs is 1. The van der Waals surface area contributed by atoms with Gasteiger partial charge in [0.2, 0.25) is 0 Å². The van der Waals surface area contributed by atoms with Crippen LogP contribution in [0.3, 0.4) is 0 Å². The van der Waals surface area contributed by atoms with Gasteiger partial charge in [0.1, 0.15) is 5.65 Å². The van der Waals surface area contributed by atoms with Crippen LogP contribution < -0.4 is 5.32 Å². The van der Waals surface area contributed by atoms with Crippen LogP contribution in [0, 0.1) is 51.5 Å². The molecule has 1 aromatic carbocycles. The number of rotatable bonds is 5. The van der Waals surface area contributed by atoms with Crippen LogP contribution in [0.15, 0.2) is 66.4 Å². The summed E-state index contributed by atoms with van der Waals surface area (Å²) in [5.41, 5.74) is 7.99. The van der Waals surface area contributed by atoms with Crippen molar-refractivity contribution in [2.75, 3.05) is 26.2 Å². The topological polar surface area (TPSA) is 49.6 Å². The molecule has 5 nitrogen and oxygen atoms in total. The van der Waals surface area contributed by atoms with Crippen molar-refractivity contribution in [3.63, 3.8) is 0 Å². The molecule has 0 unspecified atom stereocenters. The molecule has 4 rings (SSSR count). The zero-order chi connectivity index (χ0) is 23.4. The quantitative estimate of drug-likeness (QED) is 0.283. The molecule has 1 amide bonds. The Kier molecular flexibility index (Phi) is 10.8. The number of hydrogen-bond acceptors (Lipinski definition) is 3. The summed E-state index contributed by atoms with van der Waals surface area (Å²) in [6.07, 6.45) is 11.2. The van der Waals surface area contributed by atoms with Crippen LogP contribution in [0.4, 0.5) is 0 Å². The molecule has 2 aromatic heterocycles. The van der Waals surface area contributed by atoms with E-state index in [1.54, 1.807) is 0 Å². The third-order valence-corrected chi connectivity index (χ3v) is 6.26. The summed E-state index contributed by atoms with van der Waals surface area (Å²) in [4.78, 5) is 19.9. The van der Waals surface area contributed by atoms with Gasteiger partial charge in [0, 0.05) is 49.2 Å². The maximum absolute atomic E-state index is 13.0. The zero-order valence-corrected chi connectivity index (χ0v) is 25.5. The Labute approximate surface area is 233 Å². The maximum Gasteiger partial charge on any atom is 2.00 e. The largest absolute Gasteiger partial charge is 2.00 e. The summed E-state index contributed by atoms with van der Waals surface area (Å²) in [6.45, 7) is 11.3. The van der Waals surface area contributed by atoms with E-state index in [1.807, 2.05) is 42.3 Å². The minimum absolute atomic E-state index is 0. The smallest absolute Gasteiger partial charge is 0.358 e. The van der Waals surface area contributed by atoms with Gasteiger partial charge in [-0.2, -0.15) is 0 Å². The predicted octanol–water partition coefficient (Wildman–Crippen LogP) is 5.53. The Bertz CT molecular complexity index is 1260. The number of benzene rings is 1. The maximum atomic E-state index is 13.0. The number of allylic oxidation sites excluding steroid dienone is 6. The molecule has 1 fully saturated rings. The summed E-state index contributed by atoms with van der Waals surface area (Å²) in [5.74, 6) is 0.0677. The van der Waals surface area contributed by atoms with Gasteiger partial charge < -0.3 is 22.0 Å². The van der Waals surface area contributed by atoms with Crippen LogP contribution in [0.1, 0.15) is 42.4 Å². The Morgan fingerprint density at radius 2 is 1.89 bits per heavy atom. The first-order valence-corrected chi connectivity index (χ1v) is 11.5. The van der Waals surface area contributed by atoms with Gasteiger partial charge in [-0.25, -0.2) is 17.1 Å². The van der Waals surface area contributed by atoms with E-state index < -0.39 is 0 Å². The first-order valence-electron chi connectivity index (χ1n) is 11.5. The van der Waals surface area contributed by atoms with Crippen molar-refractivity contribution in [2.24, 2.45) is 0 Å². The van der Waals surface area contributed by atoms with Crippen molar-refractivity contribution < 1.29 is 35.9 Å². The third-order valence-electron chi connectivity index (χ3n) is 6.26. The molecule has 1 N–H and O–H groups in total. The number of aromatic nitrogens is 2. The van der Waals surface area contributed by atoms with Crippen molar-refractivity contribution in [3.8, 4) is 11.3 Å². The first kappa shape index (κ1) is 28.8. The van der Waals surface area contributed by atoms with Gasteiger partial charge >= 0.3 is 31.1 Å². The molecule has 0 atom stereocenters. The van der Waals surface area contributed by atoms with Gasteiger partial charge in [-0.3, -0.25) is 10.9 Å². The van der Waals surface area contributed by atoms with Gasteiger partial charge in [-0.15, -0.1) is 6.92 Å². The standard InChI is InChI=1S/C28H31N4O.CH3.U/c1-5-7-10-23(20(3)6-2)24-11-8-9-12-25(24)27-21(4)32-16-13-22(19-26(32)30-27)28(33)31-17-14-29-15-18-31;;/h6-13,16,19,29H,14-15,17-18H2,1-4H3;1H3;/q2*-1;+2/b20-6-,23-10+;;. The number of nitrogens with zero attached hydrogens (tertiary/aromatic N) is 3. The Morgan fingerprint density at radius 1 is 1.17 bits per heavy atom. The molecule has 1 aliphatic rings. The number of hydrogen-bond donors (Lipinski definition) is 1. The molecule has 0 saturated carbocycles. The van der Waals surface area contributed by atoms with Crippen molar-refractivity contribution >= 4 is 17.1 Å². The molecule has 180 valence electrons. The molecule has 0 radical (unpaired) electrons. The number of nitrogens with one attached hydrogen (secondary N) is 1. The third kappa shape index (κ3) is 6.06. The van der Waals surface area contributed by atoms with Crippen molar-refractivity contribution in [1.82, 2.24) is 19.6 Å². The molecular formula is C29H34N4OU. The number of aryl methyl sites for hydroxylation is 1. The predicted molar refractivity (Wildman–Crippen MR) is 141 cm³/mol. The molecule has 0 bridgehead atoms. The first-order chi connectivity index (χ1) is 16.0. The number of pyridine rings is 1. The molecule has 0 spiro atoms. The summed E-state index contributed by atoms with van der Waals surface area (Å²) < 4.78 is 2.06. The second kappa shape index (κ2) is 13.1. The average Bonchev–Trinajstić information content (AvgIpc) is 3.19. The number of carbonyl (C=O) groups excluding carboxylic acids is 1. The Balaban J connectivity index is 0.00000216. The zero-order valence-electron chi connectivity index (χ0n) is 21.4. The van der Waals surface area contributed by atoms with Crippen LogP contribution in [-0.4, -0.2) is 46.4 Å². The fraction of sp³-hybridized carbons (Fsp3) is 0.276. The van der Waals surface area contributed by atoms with Gasteiger partial charge in [0.25, 0.3) is 5.91 Å². The van der Waals surface area contributed by atoms with Crippen LogP contribution in [-0.2, 0) is 0 Å². The normalized spacial score (nSPS) is 14.7. The molecule has 1 saturated heterocycles. The molecule has 3 heterocycles. The van der Waals surface area contributed by atoms with E-state index in [2.05, 4.69) is 66.9 Å². The Hall–Kier alpha value is -2.39. The molecule has 1 aliphatic heterocycles. The van der Waals surface area contributed by atoms with E-state index in [4.69, 9.17) is 4.98 Å². The average molecular weight is 693 g/mol.